The molecule has 0 atom stereocenters. The van der Waals surface area contributed by atoms with Crippen molar-refractivity contribution in [3.63, 3.8) is 0 Å². The average Bonchev–Trinajstić information content (AvgIpc) is 2.52. The number of nitrogens with one attached hydrogen (secondary N) is 2. The molecule has 25 heavy (non-hydrogen) atoms. The highest BCUT2D eigenvalue weighted by Crippen LogP contribution is 2.30. The molecule has 1 heterocycles. The zero-order valence-electron chi connectivity index (χ0n) is 12.2. The first kappa shape index (κ1) is 17.9. The summed E-state index contributed by atoms with van der Waals surface area (Å²) in [6.45, 7) is -0.668. The molecule has 1 aromatic heterocycles. The average molecular weight is 357 g/mol. The summed E-state index contributed by atoms with van der Waals surface area (Å²) in [5, 5.41) is 23.9. The van der Waals surface area contributed by atoms with E-state index in [9.17, 15) is 28.1 Å². The van der Waals surface area contributed by atoms with Gasteiger partial charge in [-0.15, -0.1) is 0 Å². The van der Waals surface area contributed by atoms with Gasteiger partial charge in [-0.3, -0.25) is 14.9 Å². The maximum absolute atomic E-state index is 12.9. The number of halogens is 3. The van der Waals surface area contributed by atoms with Gasteiger partial charge in [0.25, 0.3) is 5.69 Å². The molecule has 0 saturated carbocycles. The summed E-state index contributed by atoms with van der Waals surface area (Å²) in [6.07, 6.45) is -4.77. The summed E-state index contributed by atoms with van der Waals surface area (Å²) >= 11 is 0. The molecule has 0 aliphatic heterocycles. The molecule has 0 bridgehead atoms. The molecule has 2 rings (SSSR count). The quantitative estimate of drug-likeness (QED) is 0.531. The molecule has 0 saturated heterocycles. The summed E-state index contributed by atoms with van der Waals surface area (Å²) in [7, 11) is 0. The molecule has 12 heteroatoms. The molecule has 0 spiro atoms. The van der Waals surface area contributed by atoms with E-state index in [2.05, 4.69) is 20.6 Å². The first-order valence-electron chi connectivity index (χ1n) is 6.58. The fourth-order valence-electron chi connectivity index (χ4n) is 1.70. The van der Waals surface area contributed by atoms with Crippen molar-refractivity contribution >= 4 is 29.1 Å². The van der Waals surface area contributed by atoms with Gasteiger partial charge in [-0.25, -0.2) is 4.98 Å². The van der Waals surface area contributed by atoms with Gasteiger partial charge in [0.1, 0.15) is 12.4 Å². The number of hydrogen-bond acceptors (Lipinski definition) is 7. The minimum atomic E-state index is -4.77. The molecular weight excluding hydrogens is 347 g/mol. The van der Waals surface area contributed by atoms with Crippen LogP contribution >= 0.6 is 0 Å². The van der Waals surface area contributed by atoms with Gasteiger partial charge in [0, 0.05) is 23.9 Å². The number of nitro benzene ring substituents is 1. The van der Waals surface area contributed by atoms with Crippen molar-refractivity contribution in [1.82, 2.24) is 9.97 Å². The largest absolute Gasteiger partial charge is 0.480 e. The minimum absolute atomic E-state index is 0.187. The second-order valence-corrected chi connectivity index (χ2v) is 4.64. The molecule has 2 aromatic rings. The van der Waals surface area contributed by atoms with Gasteiger partial charge in [0.2, 0.25) is 5.95 Å². The smallest absolute Gasteiger partial charge is 0.433 e. The number of hydrogen-bond donors (Lipinski definition) is 3. The number of non-ortho nitro benzene ring substituents is 1. The third-order valence-electron chi connectivity index (χ3n) is 2.76. The molecule has 132 valence electrons. The Morgan fingerprint density at radius 2 is 1.88 bits per heavy atom. The van der Waals surface area contributed by atoms with Crippen LogP contribution in [0.25, 0.3) is 0 Å². The van der Waals surface area contributed by atoms with E-state index in [0.717, 1.165) is 12.1 Å². The van der Waals surface area contributed by atoms with Crippen molar-refractivity contribution in [3.05, 3.63) is 46.1 Å². The molecule has 0 unspecified atom stereocenters. The van der Waals surface area contributed by atoms with Crippen LogP contribution in [-0.4, -0.2) is 32.5 Å². The fourth-order valence-corrected chi connectivity index (χ4v) is 1.70. The van der Waals surface area contributed by atoms with Gasteiger partial charge in [-0.1, -0.05) is 0 Å². The highest BCUT2D eigenvalue weighted by molar-refractivity contribution is 5.72. The number of aliphatic carboxylic acids is 1. The topological polar surface area (TPSA) is 130 Å². The predicted molar refractivity (Wildman–Crippen MR) is 79.5 cm³/mol. The van der Waals surface area contributed by atoms with Crippen LogP contribution in [0, 0.1) is 10.1 Å². The second-order valence-electron chi connectivity index (χ2n) is 4.64. The third kappa shape index (κ3) is 5.02. The molecule has 0 radical (unpaired) electrons. The number of alkyl halides is 3. The number of anilines is 3. The van der Waals surface area contributed by atoms with Crippen molar-refractivity contribution in [1.29, 1.82) is 0 Å². The maximum Gasteiger partial charge on any atom is 0.433 e. The normalized spacial score (nSPS) is 11.0. The van der Waals surface area contributed by atoms with Crippen LogP contribution in [0.5, 0.6) is 0 Å². The van der Waals surface area contributed by atoms with Crippen molar-refractivity contribution in [2.45, 2.75) is 6.18 Å². The van der Waals surface area contributed by atoms with E-state index < -0.39 is 35.3 Å². The van der Waals surface area contributed by atoms with Gasteiger partial charge in [-0.05, 0) is 12.1 Å². The second kappa shape index (κ2) is 6.98. The maximum atomic E-state index is 12.9. The van der Waals surface area contributed by atoms with Crippen LogP contribution in [0.1, 0.15) is 5.69 Å². The van der Waals surface area contributed by atoms with Crippen LogP contribution < -0.4 is 10.6 Å². The zero-order valence-corrected chi connectivity index (χ0v) is 12.2. The van der Waals surface area contributed by atoms with Crippen LogP contribution in [0.2, 0.25) is 0 Å². The van der Waals surface area contributed by atoms with Gasteiger partial charge >= 0.3 is 12.1 Å². The highest BCUT2D eigenvalue weighted by atomic mass is 19.4. The lowest BCUT2D eigenvalue weighted by molar-refractivity contribution is -0.384. The summed E-state index contributed by atoms with van der Waals surface area (Å²) in [6, 6.07) is 5.54. The van der Waals surface area contributed by atoms with E-state index in [4.69, 9.17) is 5.11 Å². The van der Waals surface area contributed by atoms with Crippen LogP contribution in [0.3, 0.4) is 0 Å². The first-order valence-corrected chi connectivity index (χ1v) is 6.58. The summed E-state index contributed by atoms with van der Waals surface area (Å²) < 4.78 is 38.7. The van der Waals surface area contributed by atoms with E-state index >= 15 is 0 Å². The fraction of sp³-hybridized carbons (Fsp3) is 0.154. The molecule has 1 aromatic carbocycles. The van der Waals surface area contributed by atoms with Crippen molar-refractivity contribution in [2.75, 3.05) is 17.2 Å². The highest BCUT2D eigenvalue weighted by Gasteiger charge is 2.33. The predicted octanol–water partition coefficient (Wildman–Crippen LogP) is 2.64. The van der Waals surface area contributed by atoms with Gasteiger partial charge < -0.3 is 15.7 Å². The molecule has 0 fully saturated rings. The van der Waals surface area contributed by atoms with E-state index in [0.29, 0.717) is 6.07 Å². The lowest BCUT2D eigenvalue weighted by Crippen LogP contribution is -2.17. The summed E-state index contributed by atoms with van der Waals surface area (Å²) in [5.74, 6) is -2.09. The number of nitro groups is 1. The van der Waals surface area contributed by atoms with Crippen molar-refractivity contribution < 1.29 is 28.0 Å². The van der Waals surface area contributed by atoms with E-state index in [-0.39, 0.29) is 17.2 Å². The van der Waals surface area contributed by atoms with Crippen LogP contribution in [0.15, 0.2) is 30.3 Å². The Kier molecular flexibility index (Phi) is 5.00. The van der Waals surface area contributed by atoms with Crippen molar-refractivity contribution in [3.8, 4) is 0 Å². The lowest BCUT2D eigenvalue weighted by Gasteiger charge is -2.12. The van der Waals surface area contributed by atoms with Gasteiger partial charge in [0.05, 0.1) is 4.92 Å². The third-order valence-corrected chi connectivity index (χ3v) is 2.76. The number of carbonyl (C=O) groups is 1. The molecule has 3 N–H and O–H groups in total. The van der Waals surface area contributed by atoms with Crippen LogP contribution in [-0.2, 0) is 11.0 Å². The number of benzene rings is 1. The molecule has 0 aliphatic carbocycles. The summed E-state index contributed by atoms with van der Waals surface area (Å²) in [4.78, 5) is 27.4. The SMILES string of the molecule is O=C(O)CNc1nc(Nc2ccc([N+](=O)[O-])cc2)cc(C(F)(F)F)n1. The Morgan fingerprint density at radius 3 is 2.40 bits per heavy atom. The lowest BCUT2D eigenvalue weighted by atomic mass is 10.3. The number of aromatic nitrogens is 2. The number of rotatable bonds is 6. The minimum Gasteiger partial charge on any atom is -0.480 e. The number of carboxylic acids is 1. The molecular formula is C13H10F3N5O4. The van der Waals surface area contributed by atoms with E-state index in [1.54, 1.807) is 0 Å². The van der Waals surface area contributed by atoms with Crippen LogP contribution in [0.4, 0.5) is 36.3 Å². The Hall–Kier alpha value is -3.44. The van der Waals surface area contributed by atoms with E-state index in [1.807, 2.05) is 0 Å². The monoisotopic (exact) mass is 357 g/mol. The van der Waals surface area contributed by atoms with Gasteiger partial charge in [-0.2, -0.15) is 18.2 Å². The molecule has 0 amide bonds. The number of carboxylic acid groups (broad SMARTS) is 1. The number of nitrogens with zero attached hydrogens (tertiary/aromatic N) is 3. The van der Waals surface area contributed by atoms with Gasteiger partial charge in [0.15, 0.2) is 5.69 Å². The van der Waals surface area contributed by atoms with E-state index in [1.165, 1.54) is 12.1 Å². The Labute approximate surface area is 137 Å². The van der Waals surface area contributed by atoms with Crippen molar-refractivity contribution in [2.24, 2.45) is 0 Å². The first-order chi connectivity index (χ1) is 11.6. The standard InChI is InChI=1S/C13H10F3N5O4/c14-13(15,16)9-5-10(20-12(19-9)17-6-11(22)23)18-7-1-3-8(4-2-7)21(24)25/h1-5H,6H2,(H,22,23)(H2,17,18,19,20). The Balaban J connectivity index is 2.30. The Bertz CT molecular complexity index is 795. The molecule has 9 nitrogen and oxygen atoms in total. The summed E-state index contributed by atoms with van der Waals surface area (Å²) in [5.41, 5.74) is -1.21. The Morgan fingerprint density at radius 1 is 1.24 bits per heavy atom. The molecule has 0 aliphatic rings. The zero-order chi connectivity index (χ0) is 18.6.